The molecule has 1 atom stereocenters. The van der Waals surface area contributed by atoms with Crippen LogP contribution >= 0.6 is 11.3 Å². The van der Waals surface area contributed by atoms with E-state index in [1.807, 2.05) is 22.1 Å². The molecule has 4 heteroatoms. The van der Waals surface area contributed by atoms with E-state index in [2.05, 4.69) is 66.1 Å². The molecule has 0 radical (unpaired) electrons. The molecule has 3 aromatic rings. The zero-order valence-electron chi connectivity index (χ0n) is 12.4. The first-order chi connectivity index (χ1) is 10.2. The molecular weight excluding hydrogens is 278 g/mol. The Balaban J connectivity index is 1.68. The van der Waals surface area contributed by atoms with Crippen molar-refractivity contribution in [3.63, 3.8) is 0 Å². The second-order valence-corrected chi connectivity index (χ2v) is 6.46. The van der Waals surface area contributed by atoms with Gasteiger partial charge in [0.05, 0.1) is 12.2 Å². The highest BCUT2D eigenvalue weighted by atomic mass is 32.1. The minimum Gasteiger partial charge on any atom is -0.248 e. The molecule has 1 unspecified atom stereocenters. The summed E-state index contributed by atoms with van der Waals surface area (Å²) in [6, 6.07) is 12.5. The van der Waals surface area contributed by atoms with Crippen LogP contribution in [0.25, 0.3) is 0 Å². The highest BCUT2D eigenvalue weighted by Gasteiger charge is 2.13. The highest BCUT2D eigenvalue weighted by Crippen LogP contribution is 2.24. The molecule has 1 aromatic carbocycles. The lowest BCUT2D eigenvalue weighted by molar-refractivity contribution is 0.648. The maximum atomic E-state index is 4.34. The van der Waals surface area contributed by atoms with Crippen LogP contribution in [0.4, 0.5) is 0 Å². The molecule has 0 spiro atoms. The predicted molar refractivity (Wildman–Crippen MR) is 86.7 cm³/mol. The number of hydrogen-bond acceptors (Lipinski definition) is 3. The molecule has 3 rings (SSSR count). The minimum absolute atomic E-state index is 0.395. The van der Waals surface area contributed by atoms with Gasteiger partial charge in [0.2, 0.25) is 0 Å². The average Bonchev–Trinajstić information content (AvgIpc) is 3.10. The van der Waals surface area contributed by atoms with Crippen molar-refractivity contribution in [1.29, 1.82) is 0 Å². The molecule has 2 heterocycles. The van der Waals surface area contributed by atoms with Crippen molar-refractivity contribution in [2.75, 3.05) is 0 Å². The summed E-state index contributed by atoms with van der Waals surface area (Å²) in [6.45, 7) is 5.17. The first-order valence-electron chi connectivity index (χ1n) is 7.19. The van der Waals surface area contributed by atoms with E-state index in [0.29, 0.717) is 5.92 Å². The van der Waals surface area contributed by atoms with Gasteiger partial charge in [0.25, 0.3) is 0 Å². The van der Waals surface area contributed by atoms with E-state index in [0.717, 1.165) is 18.7 Å². The number of benzene rings is 1. The third kappa shape index (κ3) is 3.39. The molecule has 0 aliphatic heterocycles. The van der Waals surface area contributed by atoms with Crippen molar-refractivity contribution in [3.05, 3.63) is 69.7 Å². The SMILES string of the molecule is Cc1ccsc1CC(C)c1cn(Cc2ccccc2)nn1. The molecule has 0 bridgehead atoms. The predicted octanol–water partition coefficient (Wildman–Crippen LogP) is 4.04. The summed E-state index contributed by atoms with van der Waals surface area (Å²) in [4.78, 5) is 1.44. The molecular formula is C17H19N3S. The van der Waals surface area contributed by atoms with E-state index < -0.39 is 0 Å². The van der Waals surface area contributed by atoms with Gasteiger partial charge in [0, 0.05) is 17.0 Å². The fraction of sp³-hybridized carbons (Fsp3) is 0.294. The molecule has 0 amide bonds. The Hall–Kier alpha value is -1.94. The van der Waals surface area contributed by atoms with Crippen molar-refractivity contribution < 1.29 is 0 Å². The van der Waals surface area contributed by atoms with Crippen LogP contribution in [-0.4, -0.2) is 15.0 Å². The summed E-state index contributed by atoms with van der Waals surface area (Å²) in [5.41, 5.74) is 3.69. The molecule has 21 heavy (non-hydrogen) atoms. The monoisotopic (exact) mass is 297 g/mol. The van der Waals surface area contributed by atoms with Gasteiger partial charge in [-0.05, 0) is 35.9 Å². The molecule has 0 saturated carbocycles. The summed E-state index contributed by atoms with van der Waals surface area (Å²) in [5.74, 6) is 0.395. The molecule has 108 valence electrons. The van der Waals surface area contributed by atoms with Gasteiger partial charge in [-0.1, -0.05) is 42.5 Å². The van der Waals surface area contributed by atoms with Crippen LogP contribution in [0.3, 0.4) is 0 Å². The number of thiophene rings is 1. The topological polar surface area (TPSA) is 30.7 Å². The Morgan fingerprint density at radius 1 is 1.19 bits per heavy atom. The fourth-order valence-corrected chi connectivity index (χ4v) is 3.42. The van der Waals surface area contributed by atoms with E-state index >= 15 is 0 Å². The third-order valence-corrected chi connectivity index (χ3v) is 4.75. The first kappa shape index (κ1) is 14.0. The first-order valence-corrected chi connectivity index (χ1v) is 8.07. The van der Waals surface area contributed by atoms with Crippen LogP contribution in [0.1, 0.15) is 34.5 Å². The number of aryl methyl sites for hydroxylation is 1. The largest absolute Gasteiger partial charge is 0.248 e. The molecule has 2 aromatic heterocycles. The van der Waals surface area contributed by atoms with Gasteiger partial charge in [-0.2, -0.15) is 0 Å². The highest BCUT2D eigenvalue weighted by molar-refractivity contribution is 7.10. The number of aromatic nitrogens is 3. The Morgan fingerprint density at radius 2 is 2.00 bits per heavy atom. The van der Waals surface area contributed by atoms with E-state index in [1.165, 1.54) is 16.0 Å². The fourth-order valence-electron chi connectivity index (χ4n) is 2.38. The minimum atomic E-state index is 0.395. The Labute approximate surface area is 129 Å². The van der Waals surface area contributed by atoms with Crippen molar-refractivity contribution in [2.24, 2.45) is 0 Å². The Bertz CT molecular complexity index is 700. The van der Waals surface area contributed by atoms with Gasteiger partial charge < -0.3 is 0 Å². The zero-order chi connectivity index (χ0) is 14.7. The van der Waals surface area contributed by atoms with Gasteiger partial charge in [0.15, 0.2) is 0 Å². The number of nitrogens with zero attached hydrogens (tertiary/aromatic N) is 3. The standard InChI is InChI=1S/C17H19N3S/c1-13-8-9-21-17(13)10-14(2)16-12-20(19-18-16)11-15-6-4-3-5-7-15/h3-9,12,14H,10-11H2,1-2H3. The smallest absolute Gasteiger partial charge is 0.0858 e. The van der Waals surface area contributed by atoms with E-state index in [9.17, 15) is 0 Å². The second kappa shape index (κ2) is 6.22. The normalized spacial score (nSPS) is 12.5. The van der Waals surface area contributed by atoms with Gasteiger partial charge >= 0.3 is 0 Å². The maximum Gasteiger partial charge on any atom is 0.0858 e. The summed E-state index contributed by atoms with van der Waals surface area (Å²) >= 11 is 1.83. The quantitative estimate of drug-likeness (QED) is 0.711. The molecule has 0 N–H and O–H groups in total. The summed E-state index contributed by atoms with van der Waals surface area (Å²) < 4.78 is 1.92. The van der Waals surface area contributed by atoms with Crippen molar-refractivity contribution >= 4 is 11.3 Å². The molecule has 0 aliphatic rings. The van der Waals surface area contributed by atoms with Crippen LogP contribution in [0.2, 0.25) is 0 Å². The molecule has 0 aliphatic carbocycles. The lowest BCUT2D eigenvalue weighted by Gasteiger charge is -2.07. The zero-order valence-corrected chi connectivity index (χ0v) is 13.2. The van der Waals surface area contributed by atoms with E-state index in [4.69, 9.17) is 0 Å². The van der Waals surface area contributed by atoms with Crippen molar-refractivity contribution in [1.82, 2.24) is 15.0 Å². The third-order valence-electron chi connectivity index (χ3n) is 3.71. The Kier molecular flexibility index (Phi) is 4.15. The van der Waals surface area contributed by atoms with Gasteiger partial charge in [-0.15, -0.1) is 16.4 Å². The average molecular weight is 297 g/mol. The lowest BCUT2D eigenvalue weighted by Crippen LogP contribution is -2.00. The summed E-state index contributed by atoms with van der Waals surface area (Å²) in [5, 5.41) is 10.8. The number of rotatable bonds is 5. The van der Waals surface area contributed by atoms with Gasteiger partial charge in [0.1, 0.15) is 0 Å². The second-order valence-electron chi connectivity index (χ2n) is 5.46. The van der Waals surface area contributed by atoms with E-state index in [1.54, 1.807) is 0 Å². The summed E-state index contributed by atoms with van der Waals surface area (Å²) in [6.07, 6.45) is 3.11. The van der Waals surface area contributed by atoms with Crippen LogP contribution in [0.15, 0.2) is 48.0 Å². The number of hydrogen-bond donors (Lipinski definition) is 0. The molecule has 0 saturated heterocycles. The molecule has 0 fully saturated rings. The van der Waals surface area contributed by atoms with Gasteiger partial charge in [-0.3, -0.25) is 0 Å². The van der Waals surface area contributed by atoms with Crippen LogP contribution < -0.4 is 0 Å². The maximum absolute atomic E-state index is 4.34. The Morgan fingerprint density at radius 3 is 2.71 bits per heavy atom. The molecule has 3 nitrogen and oxygen atoms in total. The van der Waals surface area contributed by atoms with Crippen molar-refractivity contribution in [2.45, 2.75) is 32.7 Å². The van der Waals surface area contributed by atoms with Crippen LogP contribution in [0.5, 0.6) is 0 Å². The van der Waals surface area contributed by atoms with Gasteiger partial charge in [-0.25, -0.2) is 4.68 Å². The van der Waals surface area contributed by atoms with Crippen molar-refractivity contribution in [3.8, 4) is 0 Å². The lowest BCUT2D eigenvalue weighted by atomic mass is 10.0. The van der Waals surface area contributed by atoms with E-state index in [-0.39, 0.29) is 0 Å². The summed E-state index contributed by atoms with van der Waals surface area (Å²) in [7, 11) is 0. The van der Waals surface area contributed by atoms with Crippen LogP contribution in [0, 0.1) is 6.92 Å². The van der Waals surface area contributed by atoms with Crippen LogP contribution in [-0.2, 0) is 13.0 Å².